The van der Waals surface area contributed by atoms with Crippen molar-refractivity contribution in [2.24, 2.45) is 0 Å². The molecule has 1 aromatic carbocycles. The summed E-state index contributed by atoms with van der Waals surface area (Å²) in [6, 6.07) is 7.41. The van der Waals surface area contributed by atoms with Gasteiger partial charge in [0.2, 0.25) is 0 Å². The van der Waals surface area contributed by atoms with Crippen molar-refractivity contribution in [1.82, 2.24) is 15.1 Å². The second-order valence-corrected chi connectivity index (χ2v) is 5.72. The van der Waals surface area contributed by atoms with Gasteiger partial charge in [0, 0.05) is 5.39 Å². The predicted octanol–water partition coefficient (Wildman–Crippen LogP) is 2.14. The van der Waals surface area contributed by atoms with E-state index < -0.39 is 0 Å². The lowest BCUT2D eigenvalue weighted by Gasteiger charge is -2.41. The number of nitrogens with zero attached hydrogens (tertiary/aromatic N) is 2. The molecule has 1 aromatic heterocycles. The molecule has 0 saturated carbocycles. The molecule has 19 heavy (non-hydrogen) atoms. The third-order valence-electron chi connectivity index (χ3n) is 4.60. The van der Waals surface area contributed by atoms with E-state index in [1.165, 1.54) is 36.9 Å². The molecule has 0 amide bonds. The van der Waals surface area contributed by atoms with Crippen LogP contribution in [0, 0.1) is 0 Å². The molecule has 1 N–H and O–H groups in total. The minimum Gasteiger partial charge on any atom is -0.378 e. The van der Waals surface area contributed by atoms with Crippen LogP contribution in [0.5, 0.6) is 0 Å². The van der Waals surface area contributed by atoms with Crippen LogP contribution in [-0.4, -0.2) is 47.4 Å². The maximum Gasteiger partial charge on any atom is 0.0653 e. The Kier molecular flexibility index (Phi) is 2.78. The molecule has 0 unspecified atom stereocenters. The summed E-state index contributed by atoms with van der Waals surface area (Å²) >= 11 is 0. The summed E-state index contributed by atoms with van der Waals surface area (Å²) in [5.41, 5.74) is 2.62. The Balaban J connectivity index is 1.47. The number of hydrogen-bond acceptors (Lipinski definition) is 3. The Labute approximate surface area is 112 Å². The van der Waals surface area contributed by atoms with Gasteiger partial charge >= 0.3 is 0 Å². The number of H-pyrrole nitrogens is 1. The van der Waals surface area contributed by atoms with E-state index in [9.17, 15) is 0 Å². The number of piperidine rings is 1. The molecule has 4 rings (SSSR count). The standard InChI is InChI=1S/C15H19N3O/c1-2-13-8-16-17-15(13)7-12(1)11-3-5-18(6-4-11)14-9-19-10-14/h1-2,7-8,11,14H,3-6,9-10H2,(H,16,17). The Morgan fingerprint density at radius 1 is 1.21 bits per heavy atom. The van der Waals surface area contributed by atoms with Crippen LogP contribution in [0.2, 0.25) is 0 Å². The molecule has 4 nitrogen and oxygen atoms in total. The quantitative estimate of drug-likeness (QED) is 0.896. The molecule has 100 valence electrons. The zero-order valence-corrected chi connectivity index (χ0v) is 11.0. The summed E-state index contributed by atoms with van der Waals surface area (Å²) in [4.78, 5) is 2.59. The van der Waals surface area contributed by atoms with Crippen molar-refractivity contribution >= 4 is 10.9 Å². The highest BCUT2D eigenvalue weighted by atomic mass is 16.5. The van der Waals surface area contributed by atoms with Gasteiger partial charge < -0.3 is 4.74 Å². The average Bonchev–Trinajstić information content (AvgIpc) is 2.85. The van der Waals surface area contributed by atoms with Gasteiger partial charge in [-0.2, -0.15) is 5.10 Å². The van der Waals surface area contributed by atoms with E-state index in [2.05, 4.69) is 33.3 Å². The van der Waals surface area contributed by atoms with Crippen LogP contribution < -0.4 is 0 Å². The van der Waals surface area contributed by atoms with E-state index in [0.717, 1.165) is 18.7 Å². The van der Waals surface area contributed by atoms with Crippen molar-refractivity contribution in [3.05, 3.63) is 30.0 Å². The lowest BCUT2D eigenvalue weighted by Crippen LogP contribution is -2.51. The normalized spacial score (nSPS) is 22.7. The Morgan fingerprint density at radius 3 is 2.79 bits per heavy atom. The highest BCUT2D eigenvalue weighted by Gasteiger charge is 2.29. The van der Waals surface area contributed by atoms with Crippen LogP contribution in [0.1, 0.15) is 24.3 Å². The fourth-order valence-corrected chi connectivity index (χ4v) is 3.24. The van der Waals surface area contributed by atoms with E-state index in [0.29, 0.717) is 12.0 Å². The summed E-state index contributed by atoms with van der Waals surface area (Å²) < 4.78 is 5.29. The summed E-state index contributed by atoms with van der Waals surface area (Å²) in [6.07, 6.45) is 4.41. The van der Waals surface area contributed by atoms with Crippen LogP contribution in [-0.2, 0) is 4.74 Å². The number of nitrogens with one attached hydrogen (secondary N) is 1. The van der Waals surface area contributed by atoms with Gasteiger partial charge in [-0.3, -0.25) is 10.00 Å². The Hall–Kier alpha value is -1.39. The molecule has 2 fully saturated rings. The number of aromatic amines is 1. The molecule has 0 bridgehead atoms. The molecule has 0 aliphatic carbocycles. The highest BCUT2D eigenvalue weighted by Crippen LogP contribution is 2.31. The molecule has 4 heteroatoms. The lowest BCUT2D eigenvalue weighted by molar-refractivity contribution is -0.0712. The molecule has 3 heterocycles. The van der Waals surface area contributed by atoms with Crippen LogP contribution in [0.15, 0.2) is 24.4 Å². The van der Waals surface area contributed by atoms with E-state index in [1.807, 2.05) is 6.20 Å². The lowest BCUT2D eigenvalue weighted by atomic mass is 9.88. The zero-order valence-electron chi connectivity index (χ0n) is 11.0. The Bertz CT molecular complexity index is 568. The predicted molar refractivity (Wildman–Crippen MR) is 74.2 cm³/mol. The van der Waals surface area contributed by atoms with Gasteiger partial charge in [-0.25, -0.2) is 0 Å². The first-order valence-electron chi connectivity index (χ1n) is 7.15. The fraction of sp³-hybridized carbons (Fsp3) is 0.533. The van der Waals surface area contributed by atoms with Gasteiger partial charge in [0.15, 0.2) is 0 Å². The summed E-state index contributed by atoms with van der Waals surface area (Å²) in [7, 11) is 0. The van der Waals surface area contributed by atoms with Crippen LogP contribution in [0.25, 0.3) is 10.9 Å². The van der Waals surface area contributed by atoms with Crippen molar-refractivity contribution < 1.29 is 4.74 Å². The number of benzene rings is 1. The van der Waals surface area contributed by atoms with Crippen molar-refractivity contribution in [2.45, 2.75) is 24.8 Å². The second kappa shape index (κ2) is 4.62. The van der Waals surface area contributed by atoms with Gasteiger partial charge in [-0.05, 0) is 43.5 Å². The first kappa shape index (κ1) is 11.4. The number of hydrogen-bond donors (Lipinski definition) is 1. The van der Waals surface area contributed by atoms with Gasteiger partial charge in [-0.15, -0.1) is 0 Å². The second-order valence-electron chi connectivity index (χ2n) is 5.72. The van der Waals surface area contributed by atoms with E-state index >= 15 is 0 Å². The van der Waals surface area contributed by atoms with E-state index in [4.69, 9.17) is 4.74 Å². The average molecular weight is 257 g/mol. The summed E-state index contributed by atoms with van der Waals surface area (Å²) in [5.74, 6) is 0.699. The largest absolute Gasteiger partial charge is 0.378 e. The SMILES string of the molecule is c1cc2cn[nH]c2cc1C1CCN(C2COC2)CC1. The topological polar surface area (TPSA) is 41.2 Å². The first-order chi connectivity index (χ1) is 9.40. The van der Waals surface area contributed by atoms with E-state index in [-0.39, 0.29) is 0 Å². The van der Waals surface area contributed by atoms with Crippen LogP contribution in [0.3, 0.4) is 0 Å². The number of ether oxygens (including phenoxy) is 1. The maximum absolute atomic E-state index is 5.29. The molecule has 2 saturated heterocycles. The smallest absolute Gasteiger partial charge is 0.0653 e. The van der Waals surface area contributed by atoms with Crippen LogP contribution in [0.4, 0.5) is 0 Å². The molecular formula is C15H19N3O. The molecular weight excluding hydrogens is 238 g/mol. The fourth-order valence-electron chi connectivity index (χ4n) is 3.24. The summed E-state index contributed by atoms with van der Waals surface area (Å²) in [5, 5.41) is 8.36. The molecule has 2 aromatic rings. The molecule has 0 radical (unpaired) electrons. The highest BCUT2D eigenvalue weighted by molar-refractivity contribution is 5.78. The van der Waals surface area contributed by atoms with E-state index in [1.54, 1.807) is 0 Å². The first-order valence-corrected chi connectivity index (χ1v) is 7.15. The van der Waals surface area contributed by atoms with Crippen molar-refractivity contribution in [1.29, 1.82) is 0 Å². The molecule has 0 atom stereocenters. The van der Waals surface area contributed by atoms with Gasteiger partial charge in [0.25, 0.3) is 0 Å². The number of likely N-dealkylation sites (tertiary alicyclic amines) is 1. The van der Waals surface area contributed by atoms with Crippen molar-refractivity contribution in [3.63, 3.8) is 0 Å². The zero-order chi connectivity index (χ0) is 12.7. The van der Waals surface area contributed by atoms with Gasteiger partial charge in [-0.1, -0.05) is 12.1 Å². The van der Waals surface area contributed by atoms with Gasteiger partial charge in [0.05, 0.1) is 31.0 Å². The summed E-state index contributed by atoms with van der Waals surface area (Å²) in [6.45, 7) is 4.29. The number of aromatic nitrogens is 2. The van der Waals surface area contributed by atoms with Crippen molar-refractivity contribution in [2.75, 3.05) is 26.3 Å². The molecule has 0 spiro atoms. The third-order valence-corrected chi connectivity index (χ3v) is 4.60. The molecule has 2 aliphatic rings. The Morgan fingerprint density at radius 2 is 2.05 bits per heavy atom. The minimum absolute atomic E-state index is 0.691. The van der Waals surface area contributed by atoms with Gasteiger partial charge in [0.1, 0.15) is 0 Å². The van der Waals surface area contributed by atoms with Crippen molar-refractivity contribution in [3.8, 4) is 0 Å². The third kappa shape index (κ3) is 2.05. The molecule has 2 aliphatic heterocycles. The number of rotatable bonds is 2. The monoisotopic (exact) mass is 257 g/mol. The van der Waals surface area contributed by atoms with Crippen LogP contribution >= 0.6 is 0 Å². The minimum atomic E-state index is 0.691. The maximum atomic E-state index is 5.29. The number of fused-ring (bicyclic) bond motifs is 1.